The molecule has 2 atom stereocenters. The molecule has 0 radical (unpaired) electrons. The first-order valence-corrected chi connectivity index (χ1v) is 6.99. The standard InChI is InChI=1S/C17H17NO3/c1-18-14-10-6-5-9-13(14)17(21,16(18)20)11-15(19)12-7-3-2-4-8-12/h2-8,10,13,21H,9,11H2,1H3. The normalized spacial score (nSPS) is 27.5. The van der Waals surface area contributed by atoms with Crippen molar-refractivity contribution in [3.05, 3.63) is 59.8 Å². The molecule has 1 N–H and O–H groups in total. The molecule has 108 valence electrons. The van der Waals surface area contributed by atoms with Gasteiger partial charge in [-0.05, 0) is 12.5 Å². The average molecular weight is 283 g/mol. The molecule has 2 aliphatic rings. The maximum Gasteiger partial charge on any atom is 0.259 e. The van der Waals surface area contributed by atoms with Gasteiger partial charge in [-0.1, -0.05) is 42.5 Å². The van der Waals surface area contributed by atoms with Crippen molar-refractivity contribution in [3.63, 3.8) is 0 Å². The van der Waals surface area contributed by atoms with E-state index in [4.69, 9.17) is 0 Å². The topological polar surface area (TPSA) is 57.6 Å². The quantitative estimate of drug-likeness (QED) is 0.862. The Morgan fingerprint density at radius 3 is 2.81 bits per heavy atom. The summed E-state index contributed by atoms with van der Waals surface area (Å²) < 4.78 is 0. The second kappa shape index (κ2) is 4.97. The maximum absolute atomic E-state index is 12.4. The molecule has 1 aromatic rings. The number of carbonyl (C=O) groups excluding carboxylic acids is 2. The lowest BCUT2D eigenvalue weighted by Gasteiger charge is -2.26. The van der Waals surface area contributed by atoms with Crippen LogP contribution in [0.3, 0.4) is 0 Å². The average Bonchev–Trinajstić information content (AvgIpc) is 2.71. The number of aliphatic hydroxyl groups is 1. The molecular formula is C17H17NO3. The molecule has 4 nitrogen and oxygen atoms in total. The van der Waals surface area contributed by atoms with E-state index in [0.29, 0.717) is 12.0 Å². The van der Waals surface area contributed by atoms with Crippen molar-refractivity contribution >= 4 is 11.7 Å². The lowest BCUT2D eigenvalue weighted by atomic mass is 9.79. The molecule has 4 heteroatoms. The molecule has 1 saturated heterocycles. The number of allylic oxidation sites excluding steroid dienone is 3. The first-order chi connectivity index (χ1) is 10.0. The number of carbonyl (C=O) groups is 2. The molecule has 21 heavy (non-hydrogen) atoms. The van der Waals surface area contributed by atoms with Crippen LogP contribution in [0.25, 0.3) is 0 Å². The molecule has 2 unspecified atom stereocenters. The van der Waals surface area contributed by atoms with E-state index in [-0.39, 0.29) is 18.1 Å². The highest BCUT2D eigenvalue weighted by Crippen LogP contribution is 2.43. The Balaban J connectivity index is 1.90. The van der Waals surface area contributed by atoms with Gasteiger partial charge in [0.15, 0.2) is 11.4 Å². The smallest absolute Gasteiger partial charge is 0.259 e. The van der Waals surface area contributed by atoms with Crippen LogP contribution in [-0.2, 0) is 4.79 Å². The van der Waals surface area contributed by atoms with Gasteiger partial charge in [-0.2, -0.15) is 0 Å². The zero-order chi connectivity index (χ0) is 15.0. The first-order valence-electron chi connectivity index (χ1n) is 6.99. The first kappa shape index (κ1) is 13.8. The Morgan fingerprint density at radius 1 is 1.38 bits per heavy atom. The monoisotopic (exact) mass is 283 g/mol. The second-order valence-corrected chi connectivity index (χ2v) is 5.56. The Labute approximate surface area is 123 Å². The lowest BCUT2D eigenvalue weighted by molar-refractivity contribution is -0.144. The lowest BCUT2D eigenvalue weighted by Crippen LogP contribution is -2.44. The Bertz CT molecular complexity index is 647. The molecule has 1 aliphatic heterocycles. The number of nitrogens with zero attached hydrogens (tertiary/aromatic N) is 1. The molecule has 1 aromatic carbocycles. The van der Waals surface area contributed by atoms with E-state index in [0.717, 1.165) is 5.70 Å². The van der Waals surface area contributed by atoms with Crippen LogP contribution in [-0.4, -0.2) is 34.3 Å². The van der Waals surface area contributed by atoms with Gasteiger partial charge in [-0.3, -0.25) is 9.59 Å². The minimum Gasteiger partial charge on any atom is -0.379 e. The van der Waals surface area contributed by atoms with Gasteiger partial charge < -0.3 is 10.0 Å². The number of hydrogen-bond donors (Lipinski definition) is 1. The van der Waals surface area contributed by atoms with Crippen LogP contribution >= 0.6 is 0 Å². The van der Waals surface area contributed by atoms with Gasteiger partial charge in [0.2, 0.25) is 0 Å². The number of likely N-dealkylation sites (tertiary alicyclic amines) is 1. The van der Waals surface area contributed by atoms with Crippen molar-refractivity contribution < 1.29 is 14.7 Å². The Morgan fingerprint density at radius 2 is 2.10 bits per heavy atom. The summed E-state index contributed by atoms with van der Waals surface area (Å²) in [5.74, 6) is -0.949. The highest BCUT2D eigenvalue weighted by atomic mass is 16.3. The second-order valence-electron chi connectivity index (χ2n) is 5.56. The van der Waals surface area contributed by atoms with Crippen LogP contribution in [0, 0.1) is 5.92 Å². The summed E-state index contributed by atoms with van der Waals surface area (Å²) in [5.41, 5.74) is -0.339. The number of benzene rings is 1. The van der Waals surface area contributed by atoms with E-state index in [1.54, 1.807) is 31.3 Å². The Hall–Kier alpha value is -2.20. The summed E-state index contributed by atoms with van der Waals surface area (Å²) in [5, 5.41) is 10.9. The van der Waals surface area contributed by atoms with Crippen molar-refractivity contribution in [1.29, 1.82) is 0 Å². The molecule has 1 heterocycles. The van der Waals surface area contributed by atoms with E-state index in [1.165, 1.54) is 4.90 Å². The summed E-state index contributed by atoms with van der Waals surface area (Å²) in [7, 11) is 1.64. The molecule has 1 fully saturated rings. The minimum absolute atomic E-state index is 0.184. The van der Waals surface area contributed by atoms with Crippen LogP contribution < -0.4 is 0 Å². The number of hydrogen-bond acceptors (Lipinski definition) is 3. The molecule has 1 amide bonds. The zero-order valence-corrected chi connectivity index (χ0v) is 11.8. The zero-order valence-electron chi connectivity index (χ0n) is 11.8. The largest absolute Gasteiger partial charge is 0.379 e. The van der Waals surface area contributed by atoms with Gasteiger partial charge in [-0.25, -0.2) is 0 Å². The van der Waals surface area contributed by atoms with E-state index >= 15 is 0 Å². The molecule has 0 spiro atoms. The molecule has 1 aliphatic carbocycles. The number of likely N-dealkylation sites (N-methyl/N-ethyl adjacent to an activating group) is 1. The third-order valence-electron chi connectivity index (χ3n) is 4.30. The van der Waals surface area contributed by atoms with Gasteiger partial charge in [0.05, 0.1) is 0 Å². The van der Waals surface area contributed by atoms with Crippen LogP contribution in [0.2, 0.25) is 0 Å². The van der Waals surface area contributed by atoms with Crippen molar-refractivity contribution in [2.24, 2.45) is 5.92 Å². The predicted molar refractivity (Wildman–Crippen MR) is 78.4 cm³/mol. The summed E-state index contributed by atoms with van der Waals surface area (Å²) in [4.78, 5) is 26.2. The van der Waals surface area contributed by atoms with Gasteiger partial charge >= 0.3 is 0 Å². The van der Waals surface area contributed by atoms with E-state index in [1.807, 2.05) is 24.3 Å². The van der Waals surface area contributed by atoms with Gasteiger partial charge in [0, 0.05) is 30.6 Å². The van der Waals surface area contributed by atoms with E-state index in [9.17, 15) is 14.7 Å². The van der Waals surface area contributed by atoms with Gasteiger partial charge in [0.25, 0.3) is 5.91 Å². The van der Waals surface area contributed by atoms with Crippen molar-refractivity contribution in [2.45, 2.75) is 18.4 Å². The third kappa shape index (κ3) is 2.12. The fourth-order valence-corrected chi connectivity index (χ4v) is 3.13. The highest BCUT2D eigenvalue weighted by Gasteiger charge is 2.55. The van der Waals surface area contributed by atoms with Crippen LogP contribution in [0.4, 0.5) is 0 Å². The molecule has 0 bridgehead atoms. The molecular weight excluding hydrogens is 266 g/mol. The number of amides is 1. The van der Waals surface area contributed by atoms with Crippen LogP contribution in [0.1, 0.15) is 23.2 Å². The van der Waals surface area contributed by atoms with Crippen molar-refractivity contribution in [2.75, 3.05) is 7.05 Å². The molecule has 0 aromatic heterocycles. The summed E-state index contributed by atoms with van der Waals surface area (Å²) in [6, 6.07) is 8.77. The Kier molecular flexibility index (Phi) is 3.26. The SMILES string of the molecule is CN1C(=O)C(O)(CC(=O)c2ccccc2)C2CC=CC=C21. The summed E-state index contributed by atoms with van der Waals surface area (Å²) in [6.45, 7) is 0. The van der Waals surface area contributed by atoms with Crippen LogP contribution in [0.15, 0.2) is 54.3 Å². The summed E-state index contributed by atoms with van der Waals surface area (Å²) >= 11 is 0. The number of Topliss-reactive ketones (excluding diaryl/α,β-unsaturated/α-hetero) is 1. The molecule has 3 rings (SSSR count). The minimum atomic E-state index is -1.64. The highest BCUT2D eigenvalue weighted by molar-refractivity contribution is 6.02. The van der Waals surface area contributed by atoms with Crippen molar-refractivity contribution in [1.82, 2.24) is 4.90 Å². The number of rotatable bonds is 3. The summed E-state index contributed by atoms with van der Waals surface area (Å²) in [6.07, 6.45) is 6.01. The van der Waals surface area contributed by atoms with E-state index in [2.05, 4.69) is 0 Å². The maximum atomic E-state index is 12.4. The fourth-order valence-electron chi connectivity index (χ4n) is 3.13. The fraction of sp³-hybridized carbons (Fsp3) is 0.294. The van der Waals surface area contributed by atoms with Gasteiger partial charge in [0.1, 0.15) is 0 Å². The predicted octanol–water partition coefficient (Wildman–Crippen LogP) is 1.92. The molecule has 0 saturated carbocycles. The van der Waals surface area contributed by atoms with Crippen LogP contribution in [0.5, 0.6) is 0 Å². The van der Waals surface area contributed by atoms with E-state index < -0.39 is 11.5 Å². The third-order valence-corrected chi connectivity index (χ3v) is 4.30. The number of fused-ring (bicyclic) bond motifs is 1. The number of ketones is 1. The van der Waals surface area contributed by atoms with Crippen molar-refractivity contribution in [3.8, 4) is 0 Å². The van der Waals surface area contributed by atoms with Gasteiger partial charge in [-0.15, -0.1) is 0 Å².